The third-order valence-corrected chi connectivity index (χ3v) is 4.81. The van der Waals surface area contributed by atoms with Crippen LogP contribution in [-0.4, -0.2) is 36.8 Å². The van der Waals surface area contributed by atoms with Crippen molar-refractivity contribution in [1.82, 2.24) is 4.90 Å². The monoisotopic (exact) mass is 347 g/mol. The van der Waals surface area contributed by atoms with Gasteiger partial charge in [0, 0.05) is 20.3 Å². The molecule has 0 spiro atoms. The van der Waals surface area contributed by atoms with E-state index in [-0.39, 0.29) is 17.1 Å². The minimum absolute atomic E-state index is 0.0266. The predicted molar refractivity (Wildman–Crippen MR) is 77.5 cm³/mol. The van der Waals surface area contributed by atoms with Gasteiger partial charge in [-0.2, -0.15) is 0 Å². The molecule has 1 saturated heterocycles. The molecule has 1 heterocycles. The molecule has 0 aromatic heterocycles. The van der Waals surface area contributed by atoms with Crippen LogP contribution in [0.1, 0.15) is 17.4 Å². The number of methoxy groups -OCH3 is 1. The molecule has 1 aliphatic rings. The van der Waals surface area contributed by atoms with E-state index in [2.05, 4.69) is 15.9 Å². The fourth-order valence-electron chi connectivity index (χ4n) is 2.02. The van der Waals surface area contributed by atoms with Gasteiger partial charge in [0.1, 0.15) is 11.2 Å². The summed E-state index contributed by atoms with van der Waals surface area (Å²) in [7, 11) is 1.65. The second kappa shape index (κ2) is 6.72. The maximum absolute atomic E-state index is 13.3. The summed E-state index contributed by atoms with van der Waals surface area (Å²) in [5.74, 6) is 0.322. The summed E-state index contributed by atoms with van der Waals surface area (Å²) in [6, 6.07) is 4.91. The van der Waals surface area contributed by atoms with Gasteiger partial charge in [-0.25, -0.2) is 4.39 Å². The van der Waals surface area contributed by atoms with Crippen LogP contribution in [0.4, 0.5) is 4.39 Å². The van der Waals surface area contributed by atoms with E-state index in [9.17, 15) is 9.18 Å². The zero-order valence-electron chi connectivity index (χ0n) is 10.6. The summed E-state index contributed by atoms with van der Waals surface area (Å²) in [5.41, 5.74) is 0.946. The van der Waals surface area contributed by atoms with Gasteiger partial charge in [0.05, 0.1) is 10.2 Å². The quantitative estimate of drug-likeness (QED) is 0.766. The molecule has 1 aromatic carbocycles. The Kier molecular flexibility index (Phi) is 5.24. The Morgan fingerprint density at radius 3 is 3.05 bits per heavy atom. The fourth-order valence-corrected chi connectivity index (χ4v) is 3.62. The first-order valence-electron chi connectivity index (χ1n) is 5.98. The number of rotatable bonds is 5. The molecule has 1 aliphatic heterocycles. The molecule has 3 nitrogen and oxygen atoms in total. The van der Waals surface area contributed by atoms with Gasteiger partial charge in [0.15, 0.2) is 0 Å². The summed E-state index contributed by atoms with van der Waals surface area (Å²) < 4.78 is 18.7. The van der Waals surface area contributed by atoms with Crippen LogP contribution in [0, 0.1) is 5.82 Å². The standard InChI is InChI=1S/C13H15BrFNO2S/c1-18-6-2-5-16-12(17)8-19-13(16)9-3-4-11(15)10(14)7-9/h3-4,7,13H,2,5-6,8H2,1H3. The lowest BCUT2D eigenvalue weighted by atomic mass is 10.2. The average molecular weight is 348 g/mol. The van der Waals surface area contributed by atoms with Crippen molar-refractivity contribution in [2.75, 3.05) is 26.0 Å². The largest absolute Gasteiger partial charge is 0.385 e. The molecular weight excluding hydrogens is 333 g/mol. The third-order valence-electron chi connectivity index (χ3n) is 2.94. The summed E-state index contributed by atoms with van der Waals surface area (Å²) in [4.78, 5) is 13.7. The molecule has 0 bridgehead atoms. The molecule has 0 N–H and O–H groups in total. The summed E-state index contributed by atoms with van der Waals surface area (Å²) in [5, 5.41) is -0.0266. The lowest BCUT2D eigenvalue weighted by Crippen LogP contribution is -2.29. The average Bonchev–Trinajstić information content (AvgIpc) is 2.75. The Balaban J connectivity index is 2.12. The number of carbonyl (C=O) groups excluding carboxylic acids is 1. The highest BCUT2D eigenvalue weighted by atomic mass is 79.9. The third kappa shape index (κ3) is 3.49. The predicted octanol–water partition coefficient (Wildman–Crippen LogP) is 3.20. The van der Waals surface area contributed by atoms with Crippen molar-refractivity contribution in [2.45, 2.75) is 11.8 Å². The van der Waals surface area contributed by atoms with Gasteiger partial charge in [-0.05, 0) is 40.0 Å². The molecule has 2 rings (SSSR count). The summed E-state index contributed by atoms with van der Waals surface area (Å²) in [6.07, 6.45) is 0.807. The van der Waals surface area contributed by atoms with Crippen molar-refractivity contribution in [3.8, 4) is 0 Å². The zero-order valence-corrected chi connectivity index (χ0v) is 13.0. The van der Waals surface area contributed by atoms with E-state index in [1.165, 1.54) is 6.07 Å². The Hall–Kier alpha value is -0.590. The molecule has 1 fully saturated rings. The second-order valence-corrected chi connectivity index (χ2v) is 6.19. The smallest absolute Gasteiger partial charge is 0.233 e. The maximum Gasteiger partial charge on any atom is 0.233 e. The van der Waals surface area contributed by atoms with Gasteiger partial charge in [0.2, 0.25) is 5.91 Å². The first-order valence-corrected chi connectivity index (χ1v) is 7.82. The van der Waals surface area contributed by atoms with Crippen molar-refractivity contribution in [3.63, 3.8) is 0 Å². The fraction of sp³-hybridized carbons (Fsp3) is 0.462. The van der Waals surface area contributed by atoms with E-state index in [0.717, 1.165) is 12.0 Å². The number of benzene rings is 1. The van der Waals surface area contributed by atoms with Crippen LogP contribution in [0.2, 0.25) is 0 Å². The maximum atomic E-state index is 13.3. The van der Waals surface area contributed by atoms with Crippen LogP contribution in [0.5, 0.6) is 0 Å². The molecule has 1 atom stereocenters. The lowest BCUT2D eigenvalue weighted by molar-refractivity contribution is -0.128. The van der Waals surface area contributed by atoms with E-state index in [0.29, 0.717) is 23.4 Å². The molecule has 0 saturated carbocycles. The number of nitrogens with zero attached hydrogens (tertiary/aromatic N) is 1. The zero-order chi connectivity index (χ0) is 13.8. The molecule has 104 valence electrons. The highest BCUT2D eigenvalue weighted by Crippen LogP contribution is 2.39. The molecule has 19 heavy (non-hydrogen) atoms. The van der Waals surface area contributed by atoms with Crippen LogP contribution in [0.25, 0.3) is 0 Å². The Morgan fingerprint density at radius 2 is 2.37 bits per heavy atom. The van der Waals surface area contributed by atoms with Crippen LogP contribution >= 0.6 is 27.7 Å². The van der Waals surface area contributed by atoms with Crippen LogP contribution in [-0.2, 0) is 9.53 Å². The Labute approximate surface area is 124 Å². The Bertz CT molecular complexity index is 472. The van der Waals surface area contributed by atoms with E-state index in [1.807, 2.05) is 4.90 Å². The van der Waals surface area contributed by atoms with Gasteiger partial charge in [0.25, 0.3) is 0 Å². The normalized spacial score (nSPS) is 19.2. The highest BCUT2D eigenvalue weighted by Gasteiger charge is 2.32. The molecular formula is C13H15BrFNO2S. The minimum Gasteiger partial charge on any atom is -0.385 e. The van der Waals surface area contributed by atoms with Crippen molar-refractivity contribution in [1.29, 1.82) is 0 Å². The number of thioether (sulfide) groups is 1. The van der Waals surface area contributed by atoms with E-state index in [4.69, 9.17) is 4.74 Å². The first-order chi connectivity index (χ1) is 9.13. The molecule has 1 amide bonds. The van der Waals surface area contributed by atoms with Gasteiger partial charge < -0.3 is 9.64 Å². The number of ether oxygens (including phenoxy) is 1. The Morgan fingerprint density at radius 1 is 1.58 bits per heavy atom. The number of hydrogen-bond donors (Lipinski definition) is 0. The van der Waals surface area contributed by atoms with Crippen molar-refractivity contribution in [3.05, 3.63) is 34.1 Å². The van der Waals surface area contributed by atoms with Crippen LogP contribution < -0.4 is 0 Å². The number of carbonyl (C=O) groups is 1. The number of hydrogen-bond acceptors (Lipinski definition) is 3. The SMILES string of the molecule is COCCCN1C(=O)CSC1c1ccc(F)c(Br)c1. The van der Waals surface area contributed by atoms with Crippen molar-refractivity contribution < 1.29 is 13.9 Å². The number of halogens is 2. The first kappa shape index (κ1) is 14.8. The second-order valence-electron chi connectivity index (χ2n) is 4.27. The lowest BCUT2D eigenvalue weighted by Gasteiger charge is -2.24. The van der Waals surface area contributed by atoms with Gasteiger partial charge in [-0.15, -0.1) is 11.8 Å². The van der Waals surface area contributed by atoms with Gasteiger partial charge in [-0.3, -0.25) is 4.79 Å². The highest BCUT2D eigenvalue weighted by molar-refractivity contribution is 9.10. The van der Waals surface area contributed by atoms with Crippen LogP contribution in [0.15, 0.2) is 22.7 Å². The molecule has 1 unspecified atom stereocenters. The van der Waals surface area contributed by atoms with Crippen LogP contribution in [0.3, 0.4) is 0 Å². The topological polar surface area (TPSA) is 29.5 Å². The minimum atomic E-state index is -0.288. The summed E-state index contributed by atoms with van der Waals surface area (Å²) >= 11 is 4.76. The van der Waals surface area contributed by atoms with E-state index in [1.54, 1.807) is 31.0 Å². The van der Waals surface area contributed by atoms with Crippen molar-refractivity contribution in [2.24, 2.45) is 0 Å². The van der Waals surface area contributed by atoms with Gasteiger partial charge >= 0.3 is 0 Å². The van der Waals surface area contributed by atoms with E-state index >= 15 is 0 Å². The molecule has 1 aromatic rings. The number of amides is 1. The van der Waals surface area contributed by atoms with Gasteiger partial charge in [-0.1, -0.05) is 6.07 Å². The summed E-state index contributed by atoms with van der Waals surface area (Å²) in [6.45, 7) is 1.30. The van der Waals surface area contributed by atoms with Crippen molar-refractivity contribution >= 4 is 33.6 Å². The van der Waals surface area contributed by atoms with E-state index < -0.39 is 0 Å². The molecule has 0 radical (unpaired) electrons. The molecule has 6 heteroatoms. The molecule has 0 aliphatic carbocycles.